The molecule has 0 aliphatic carbocycles. The van der Waals surface area contributed by atoms with Gasteiger partial charge in [-0.3, -0.25) is 4.90 Å². The third-order valence-corrected chi connectivity index (χ3v) is 4.01. The zero-order chi connectivity index (χ0) is 13.4. The van der Waals surface area contributed by atoms with E-state index in [-0.39, 0.29) is 0 Å². The van der Waals surface area contributed by atoms with Crippen LogP contribution in [0.25, 0.3) is 11.0 Å². The lowest BCUT2D eigenvalue weighted by Gasteiger charge is -2.25. The van der Waals surface area contributed by atoms with Crippen LogP contribution in [0.15, 0.2) is 12.1 Å². The maximum Gasteiger partial charge on any atom is 0.269 e. The van der Waals surface area contributed by atoms with E-state index in [1.54, 1.807) is 0 Å². The standard InChI is InChI=1S/C14H16ClN3O/c1-9-3-4-11-12(15)10(2)14(17-13(11)16-9)18-5-7-19-8-6-18/h3-4H,5-8H2,1-2H3/p+1. The number of aryl methyl sites for hydroxylation is 1. The number of anilines is 1. The van der Waals surface area contributed by atoms with E-state index in [0.29, 0.717) is 0 Å². The van der Waals surface area contributed by atoms with Gasteiger partial charge in [-0.05, 0) is 26.0 Å². The van der Waals surface area contributed by atoms with Crippen LogP contribution in [-0.4, -0.2) is 31.3 Å². The summed E-state index contributed by atoms with van der Waals surface area (Å²) in [5, 5.41) is 1.75. The average Bonchev–Trinajstić information content (AvgIpc) is 2.43. The second-order valence-electron chi connectivity index (χ2n) is 4.86. The van der Waals surface area contributed by atoms with E-state index in [1.165, 1.54) is 0 Å². The van der Waals surface area contributed by atoms with Gasteiger partial charge in [-0.2, -0.15) is 0 Å². The Bertz CT molecular complexity index is 624. The van der Waals surface area contributed by atoms with Gasteiger partial charge in [-0.15, -0.1) is 4.98 Å². The Labute approximate surface area is 117 Å². The van der Waals surface area contributed by atoms with Gasteiger partial charge in [0.1, 0.15) is 5.69 Å². The highest BCUT2D eigenvalue weighted by Gasteiger charge is 2.23. The molecule has 0 spiro atoms. The molecule has 0 aromatic carbocycles. The molecule has 1 aliphatic heterocycles. The molecule has 3 heterocycles. The zero-order valence-corrected chi connectivity index (χ0v) is 11.9. The summed E-state index contributed by atoms with van der Waals surface area (Å²) in [7, 11) is 0. The Morgan fingerprint density at radius 2 is 2.00 bits per heavy atom. The van der Waals surface area contributed by atoms with Crippen molar-refractivity contribution in [3.8, 4) is 0 Å². The molecule has 1 fully saturated rings. The second-order valence-corrected chi connectivity index (χ2v) is 5.24. The van der Waals surface area contributed by atoms with Gasteiger partial charge in [-0.25, -0.2) is 4.98 Å². The van der Waals surface area contributed by atoms with Gasteiger partial charge in [0.25, 0.3) is 5.65 Å². The van der Waals surface area contributed by atoms with Gasteiger partial charge in [0.05, 0.1) is 36.7 Å². The lowest BCUT2D eigenvalue weighted by Crippen LogP contribution is -2.40. The number of hydrogen-bond acceptors (Lipinski definition) is 3. The van der Waals surface area contributed by atoms with Gasteiger partial charge >= 0.3 is 0 Å². The van der Waals surface area contributed by atoms with Crippen LogP contribution < -0.4 is 9.88 Å². The van der Waals surface area contributed by atoms with E-state index in [9.17, 15) is 0 Å². The number of morpholine rings is 1. The highest BCUT2D eigenvalue weighted by Crippen LogP contribution is 2.29. The number of halogens is 1. The van der Waals surface area contributed by atoms with E-state index in [2.05, 4.69) is 14.9 Å². The van der Waals surface area contributed by atoms with Gasteiger partial charge < -0.3 is 4.74 Å². The summed E-state index contributed by atoms with van der Waals surface area (Å²) in [6.45, 7) is 7.29. The highest BCUT2D eigenvalue weighted by atomic mass is 35.5. The molecule has 1 N–H and O–H groups in total. The summed E-state index contributed by atoms with van der Waals surface area (Å²) in [6, 6.07) is 4.00. The van der Waals surface area contributed by atoms with E-state index >= 15 is 0 Å². The SMILES string of the molecule is Cc1ccc2c(Cl)c(C)c(N3CCOCC3)[nH+]c2n1. The number of fused-ring (bicyclic) bond motifs is 1. The molecule has 0 bridgehead atoms. The van der Waals surface area contributed by atoms with Gasteiger partial charge in [0.2, 0.25) is 5.82 Å². The largest absolute Gasteiger partial charge is 0.375 e. The molecule has 1 aliphatic rings. The number of rotatable bonds is 1. The minimum absolute atomic E-state index is 0.754. The molecule has 4 nitrogen and oxygen atoms in total. The summed E-state index contributed by atoms with van der Waals surface area (Å²) < 4.78 is 5.39. The van der Waals surface area contributed by atoms with Crippen molar-refractivity contribution in [2.24, 2.45) is 0 Å². The number of ether oxygens (including phenoxy) is 1. The Hall–Kier alpha value is -1.39. The fourth-order valence-corrected chi connectivity index (χ4v) is 2.69. The quantitative estimate of drug-likeness (QED) is 0.802. The molecule has 0 saturated carbocycles. The third-order valence-electron chi connectivity index (χ3n) is 3.52. The van der Waals surface area contributed by atoms with E-state index in [4.69, 9.17) is 16.3 Å². The van der Waals surface area contributed by atoms with Gasteiger partial charge in [0.15, 0.2) is 0 Å². The van der Waals surface area contributed by atoms with Crippen molar-refractivity contribution in [1.82, 2.24) is 4.98 Å². The van der Waals surface area contributed by atoms with Crippen LogP contribution in [0.5, 0.6) is 0 Å². The number of pyridine rings is 2. The van der Waals surface area contributed by atoms with Crippen LogP contribution in [0.2, 0.25) is 5.02 Å². The molecular formula is C14H17ClN3O+. The predicted molar refractivity (Wildman–Crippen MR) is 75.8 cm³/mol. The number of nitrogens with one attached hydrogen (secondary N) is 1. The Morgan fingerprint density at radius 3 is 2.74 bits per heavy atom. The molecule has 5 heteroatoms. The first-order valence-corrected chi connectivity index (χ1v) is 6.86. The number of H-pyrrole nitrogens is 1. The van der Waals surface area contributed by atoms with Gasteiger partial charge in [0, 0.05) is 5.56 Å². The smallest absolute Gasteiger partial charge is 0.269 e. The first-order valence-electron chi connectivity index (χ1n) is 6.48. The fourth-order valence-electron chi connectivity index (χ4n) is 2.44. The van der Waals surface area contributed by atoms with Crippen molar-refractivity contribution in [3.63, 3.8) is 0 Å². The first-order chi connectivity index (χ1) is 9.16. The van der Waals surface area contributed by atoms with Crippen LogP contribution in [0.4, 0.5) is 5.82 Å². The molecule has 0 unspecified atom stereocenters. The predicted octanol–water partition coefficient (Wildman–Crippen LogP) is 2.16. The molecule has 19 heavy (non-hydrogen) atoms. The van der Waals surface area contributed by atoms with Crippen LogP contribution in [0.1, 0.15) is 11.3 Å². The summed E-state index contributed by atoms with van der Waals surface area (Å²) in [5.74, 6) is 1.05. The third kappa shape index (κ3) is 2.26. The molecule has 2 aromatic rings. The fraction of sp³-hybridized carbons (Fsp3) is 0.429. The van der Waals surface area contributed by atoms with Crippen molar-refractivity contribution in [1.29, 1.82) is 0 Å². The van der Waals surface area contributed by atoms with Crippen molar-refractivity contribution in [3.05, 3.63) is 28.4 Å². The zero-order valence-electron chi connectivity index (χ0n) is 11.2. The lowest BCUT2D eigenvalue weighted by molar-refractivity contribution is -0.334. The molecule has 2 aromatic heterocycles. The van der Waals surface area contributed by atoms with Crippen molar-refractivity contribution in [2.75, 3.05) is 31.2 Å². The molecule has 100 valence electrons. The Morgan fingerprint density at radius 1 is 1.26 bits per heavy atom. The van der Waals surface area contributed by atoms with Crippen LogP contribution in [0.3, 0.4) is 0 Å². The normalized spacial score (nSPS) is 16.1. The highest BCUT2D eigenvalue weighted by molar-refractivity contribution is 6.36. The maximum atomic E-state index is 6.48. The van der Waals surface area contributed by atoms with E-state index in [1.807, 2.05) is 26.0 Å². The summed E-state index contributed by atoms with van der Waals surface area (Å²) in [5.41, 5.74) is 2.90. The first kappa shape index (κ1) is 12.6. The number of aromatic nitrogens is 2. The number of hydrogen-bond donors (Lipinski definition) is 0. The molecular weight excluding hydrogens is 262 g/mol. The van der Waals surface area contributed by atoms with Gasteiger partial charge in [-0.1, -0.05) is 11.6 Å². The topological polar surface area (TPSA) is 39.5 Å². The monoisotopic (exact) mass is 278 g/mol. The van der Waals surface area contributed by atoms with Crippen molar-refractivity contribution >= 4 is 28.5 Å². The number of nitrogens with zero attached hydrogens (tertiary/aromatic N) is 2. The minimum atomic E-state index is 0.754. The summed E-state index contributed by atoms with van der Waals surface area (Å²) in [6.07, 6.45) is 0. The second kappa shape index (κ2) is 4.94. The van der Waals surface area contributed by atoms with Crippen molar-refractivity contribution in [2.45, 2.75) is 13.8 Å². The molecule has 3 rings (SSSR count). The average molecular weight is 279 g/mol. The molecule has 0 radical (unpaired) electrons. The molecule has 1 saturated heterocycles. The maximum absolute atomic E-state index is 6.48. The minimum Gasteiger partial charge on any atom is -0.375 e. The summed E-state index contributed by atoms with van der Waals surface area (Å²) >= 11 is 6.48. The van der Waals surface area contributed by atoms with Crippen molar-refractivity contribution < 1.29 is 9.72 Å². The van der Waals surface area contributed by atoms with Crippen LogP contribution >= 0.6 is 11.6 Å². The molecule has 0 atom stereocenters. The lowest BCUT2D eigenvalue weighted by atomic mass is 10.2. The Kier molecular flexibility index (Phi) is 3.29. The Balaban J connectivity index is 2.16. The van der Waals surface area contributed by atoms with Crippen LogP contribution in [0, 0.1) is 13.8 Å². The summed E-state index contributed by atoms with van der Waals surface area (Å²) in [4.78, 5) is 10.2. The van der Waals surface area contributed by atoms with E-state index in [0.717, 1.165) is 59.4 Å². The number of aromatic amines is 1. The molecule has 0 amide bonds. The van der Waals surface area contributed by atoms with E-state index < -0.39 is 0 Å². The van der Waals surface area contributed by atoms with Crippen LogP contribution in [-0.2, 0) is 4.74 Å².